The average Bonchev–Trinajstić information content (AvgIpc) is 3.99. The lowest BCUT2D eigenvalue weighted by Crippen LogP contribution is -2.29. The number of fused-ring (bicyclic) bond motifs is 13. The van der Waals surface area contributed by atoms with Crippen LogP contribution in [0.15, 0.2) is 186 Å². The molecule has 2 aromatic heterocycles. The SMILES string of the molecule is c1ccc(-c2nc(-c3ccc(-c4cccc(-c5ccc6c(c5)C5(CCCCC5)c5cc7c(cc5-6)C5(CCCCC5)c5ccccc5-7)c4)cc3)cc(-c3ccc4c(c3)oc3ccccc34)n2)cc1. The molecule has 0 unspecified atom stereocenters. The van der Waals surface area contributed by atoms with Crippen LogP contribution in [0.25, 0.3) is 100 Å². The molecule has 8 aromatic carbocycles. The maximum atomic E-state index is 6.29. The summed E-state index contributed by atoms with van der Waals surface area (Å²) < 4.78 is 6.29. The summed E-state index contributed by atoms with van der Waals surface area (Å²) in [5.74, 6) is 0.699. The predicted octanol–water partition coefficient (Wildman–Crippen LogP) is 17.2. The van der Waals surface area contributed by atoms with Gasteiger partial charge in [-0.05, 0) is 141 Å². The third kappa shape index (κ3) is 6.03. The van der Waals surface area contributed by atoms with E-state index in [0.29, 0.717) is 5.82 Å². The standard InChI is InChI=1S/C64H50N2O/c1-4-15-43(16-5-1)62-65-58(40-59(66-62)47-28-30-51-50-20-7-9-22-60(50)67-61(51)37-47)42-25-23-41(24-26-42)44-17-14-18-45(35-44)46-27-29-49-53-39-56-52(38-57(53)64(55(49)36-46)33-12-3-13-34-64)48-19-6-8-21-54(48)63(56)31-10-2-11-32-63/h1,4-9,14-30,35-40H,2-3,10-13,31-34H2. The summed E-state index contributed by atoms with van der Waals surface area (Å²) >= 11 is 0. The van der Waals surface area contributed by atoms with Crippen LogP contribution in [-0.4, -0.2) is 9.97 Å². The Morgan fingerprint density at radius 1 is 0.313 bits per heavy atom. The highest BCUT2D eigenvalue weighted by molar-refractivity contribution is 6.06. The number of rotatable bonds is 5. The fourth-order valence-corrected chi connectivity index (χ4v) is 13.1. The molecule has 0 N–H and O–H groups in total. The molecule has 3 nitrogen and oxygen atoms in total. The van der Waals surface area contributed by atoms with E-state index >= 15 is 0 Å². The first kappa shape index (κ1) is 38.9. The number of furan rings is 1. The quantitative estimate of drug-likeness (QED) is 0.173. The maximum Gasteiger partial charge on any atom is 0.160 e. The molecule has 2 heterocycles. The van der Waals surface area contributed by atoms with Crippen molar-refractivity contribution in [1.29, 1.82) is 0 Å². The number of benzene rings is 8. The van der Waals surface area contributed by atoms with E-state index in [-0.39, 0.29) is 10.8 Å². The van der Waals surface area contributed by atoms with Crippen molar-refractivity contribution in [2.75, 3.05) is 0 Å². The van der Waals surface area contributed by atoms with Gasteiger partial charge < -0.3 is 4.42 Å². The van der Waals surface area contributed by atoms with Crippen LogP contribution in [0, 0.1) is 0 Å². The molecule has 2 saturated carbocycles. The van der Waals surface area contributed by atoms with Gasteiger partial charge in [0, 0.05) is 38.3 Å². The molecule has 4 aliphatic carbocycles. The van der Waals surface area contributed by atoms with Gasteiger partial charge in [0.1, 0.15) is 11.2 Å². The topological polar surface area (TPSA) is 38.9 Å². The van der Waals surface area contributed by atoms with Crippen molar-refractivity contribution in [2.45, 2.75) is 75.0 Å². The molecule has 0 amide bonds. The number of hydrogen-bond acceptors (Lipinski definition) is 3. The highest BCUT2D eigenvalue weighted by Crippen LogP contribution is 2.62. The molecular weight excluding hydrogens is 813 g/mol. The van der Waals surface area contributed by atoms with E-state index in [1.54, 1.807) is 22.3 Å². The molecular formula is C64H50N2O. The van der Waals surface area contributed by atoms with Crippen LogP contribution in [0.4, 0.5) is 0 Å². The van der Waals surface area contributed by atoms with Crippen LogP contribution in [-0.2, 0) is 10.8 Å². The van der Waals surface area contributed by atoms with E-state index < -0.39 is 0 Å². The van der Waals surface area contributed by atoms with Gasteiger partial charge in [-0.1, -0.05) is 172 Å². The largest absolute Gasteiger partial charge is 0.456 e. The molecule has 0 saturated heterocycles. The molecule has 3 heteroatoms. The van der Waals surface area contributed by atoms with Gasteiger partial charge in [0.15, 0.2) is 5.82 Å². The third-order valence-electron chi connectivity index (χ3n) is 16.3. The van der Waals surface area contributed by atoms with Gasteiger partial charge in [0.25, 0.3) is 0 Å². The van der Waals surface area contributed by atoms with Crippen molar-refractivity contribution in [3.8, 4) is 78.4 Å². The Balaban J connectivity index is 0.813. The molecule has 0 radical (unpaired) electrons. The zero-order valence-electron chi connectivity index (χ0n) is 37.7. The van der Waals surface area contributed by atoms with Gasteiger partial charge in [-0.15, -0.1) is 0 Å². The van der Waals surface area contributed by atoms with E-state index in [4.69, 9.17) is 14.4 Å². The Kier molecular flexibility index (Phi) is 8.75. The maximum absolute atomic E-state index is 6.29. The number of nitrogens with zero attached hydrogens (tertiary/aromatic N) is 2. The van der Waals surface area contributed by atoms with Crippen LogP contribution in [0.2, 0.25) is 0 Å². The molecule has 67 heavy (non-hydrogen) atoms. The minimum absolute atomic E-state index is 0.0695. The molecule has 14 rings (SSSR count). The van der Waals surface area contributed by atoms with Crippen LogP contribution >= 0.6 is 0 Å². The summed E-state index contributed by atoms with van der Waals surface area (Å²) in [6, 6.07) is 67.3. The summed E-state index contributed by atoms with van der Waals surface area (Å²) in [6.07, 6.45) is 12.9. The van der Waals surface area contributed by atoms with E-state index in [2.05, 4.69) is 152 Å². The van der Waals surface area contributed by atoms with Crippen LogP contribution in [0.5, 0.6) is 0 Å². The van der Waals surface area contributed by atoms with Gasteiger partial charge >= 0.3 is 0 Å². The first-order valence-electron chi connectivity index (χ1n) is 24.6. The molecule has 0 atom stereocenters. The molecule has 0 aliphatic heterocycles. The summed E-state index contributed by atoms with van der Waals surface area (Å²) in [7, 11) is 0. The number of para-hydroxylation sites is 1. The van der Waals surface area contributed by atoms with Crippen molar-refractivity contribution in [3.05, 3.63) is 204 Å². The number of aromatic nitrogens is 2. The molecule has 2 fully saturated rings. The van der Waals surface area contributed by atoms with Gasteiger partial charge in [-0.2, -0.15) is 0 Å². The minimum atomic E-state index is 0.0695. The van der Waals surface area contributed by atoms with Crippen molar-refractivity contribution < 1.29 is 4.42 Å². The summed E-state index contributed by atoms with van der Waals surface area (Å²) in [4.78, 5) is 10.3. The van der Waals surface area contributed by atoms with Crippen molar-refractivity contribution in [1.82, 2.24) is 9.97 Å². The fraction of sp³-hybridized carbons (Fsp3) is 0.188. The zero-order valence-corrected chi connectivity index (χ0v) is 37.7. The van der Waals surface area contributed by atoms with Crippen LogP contribution in [0.3, 0.4) is 0 Å². The fourth-order valence-electron chi connectivity index (χ4n) is 13.1. The van der Waals surface area contributed by atoms with Crippen molar-refractivity contribution in [2.24, 2.45) is 0 Å². The first-order chi connectivity index (χ1) is 33.1. The van der Waals surface area contributed by atoms with Crippen molar-refractivity contribution >= 4 is 21.9 Å². The van der Waals surface area contributed by atoms with Gasteiger partial charge in [-0.25, -0.2) is 9.97 Å². The Hall–Kier alpha value is -7.36. The molecule has 10 aromatic rings. The summed E-state index contributed by atoms with van der Waals surface area (Å²) in [5.41, 5.74) is 24.0. The lowest BCUT2D eigenvalue weighted by molar-refractivity contribution is 0.350. The predicted molar refractivity (Wildman–Crippen MR) is 275 cm³/mol. The smallest absolute Gasteiger partial charge is 0.160 e. The highest BCUT2D eigenvalue weighted by Gasteiger charge is 2.49. The summed E-state index contributed by atoms with van der Waals surface area (Å²) in [5, 5.41) is 2.23. The average molecular weight is 863 g/mol. The van der Waals surface area contributed by atoms with Crippen LogP contribution in [0.1, 0.15) is 86.5 Å². The molecule has 322 valence electrons. The summed E-state index contributed by atoms with van der Waals surface area (Å²) in [6.45, 7) is 0. The lowest BCUT2D eigenvalue weighted by atomic mass is 9.66. The number of hydrogen-bond donors (Lipinski definition) is 0. The monoisotopic (exact) mass is 862 g/mol. The van der Waals surface area contributed by atoms with E-state index in [9.17, 15) is 0 Å². The normalized spacial score (nSPS) is 16.3. The van der Waals surface area contributed by atoms with E-state index in [1.807, 2.05) is 30.3 Å². The second-order valence-electron chi connectivity index (χ2n) is 19.8. The zero-order chi connectivity index (χ0) is 44.1. The Labute approximate surface area is 392 Å². The first-order valence-corrected chi connectivity index (χ1v) is 24.6. The minimum Gasteiger partial charge on any atom is -0.456 e. The molecule has 2 spiro atoms. The Bertz CT molecular complexity index is 3580. The van der Waals surface area contributed by atoms with Crippen molar-refractivity contribution in [3.63, 3.8) is 0 Å². The lowest BCUT2D eigenvalue weighted by Gasteiger charge is -2.37. The Morgan fingerprint density at radius 2 is 0.851 bits per heavy atom. The van der Waals surface area contributed by atoms with Crippen LogP contribution < -0.4 is 0 Å². The van der Waals surface area contributed by atoms with Gasteiger partial charge in [0.2, 0.25) is 0 Å². The molecule has 4 aliphatic rings. The molecule has 0 bridgehead atoms. The second-order valence-corrected chi connectivity index (χ2v) is 19.8. The van der Waals surface area contributed by atoms with Gasteiger partial charge in [0.05, 0.1) is 11.4 Å². The van der Waals surface area contributed by atoms with E-state index in [0.717, 1.165) is 50.0 Å². The van der Waals surface area contributed by atoms with Gasteiger partial charge in [-0.3, -0.25) is 0 Å². The second kappa shape index (κ2) is 15.1. The van der Waals surface area contributed by atoms with E-state index in [1.165, 1.54) is 109 Å². The Morgan fingerprint density at radius 3 is 1.61 bits per heavy atom. The third-order valence-corrected chi connectivity index (χ3v) is 16.3. The highest BCUT2D eigenvalue weighted by atomic mass is 16.3.